The Bertz CT molecular complexity index is 1240. The number of aromatic nitrogens is 2. The molecule has 0 aliphatic carbocycles. The van der Waals surface area contributed by atoms with Gasteiger partial charge in [0.15, 0.2) is 17.5 Å². The van der Waals surface area contributed by atoms with Crippen molar-refractivity contribution in [3.63, 3.8) is 0 Å². The molecule has 2 aliphatic rings. The number of carbonyl (C=O) groups excluding carboxylic acids is 1. The summed E-state index contributed by atoms with van der Waals surface area (Å²) in [5, 5.41) is 0.888. The Morgan fingerprint density at radius 3 is 2.62 bits per heavy atom. The number of aliphatic imine (C=N–C) groups is 2. The molecule has 9 heteroatoms. The first-order valence-electron chi connectivity index (χ1n) is 10.3. The number of guanidine groups is 1. The van der Waals surface area contributed by atoms with Crippen LogP contribution in [0.5, 0.6) is 0 Å². The largest absolute Gasteiger partial charge is 0.402 e. The zero-order chi connectivity index (χ0) is 21.9. The van der Waals surface area contributed by atoms with Crippen molar-refractivity contribution in [1.29, 1.82) is 0 Å². The minimum Gasteiger partial charge on any atom is -0.402 e. The molecule has 0 spiro atoms. The fraction of sp³-hybridized carbons (Fsp3) is 0.174. The zero-order valence-electron chi connectivity index (χ0n) is 17.3. The van der Waals surface area contributed by atoms with Crippen molar-refractivity contribution in [2.24, 2.45) is 15.7 Å². The molecule has 5 rings (SSSR count). The molecule has 0 amide bonds. The monoisotopic (exact) mass is 427 g/mol. The van der Waals surface area contributed by atoms with E-state index in [1.165, 1.54) is 0 Å². The molecule has 160 valence electrons. The number of para-hydroxylation sites is 1. The smallest absolute Gasteiger partial charge is 0.365 e. The SMILES string of the molecule is NC(=Nc1ccccn1)N1CCN(C=C2N=C(c3ccnc4ccccc34)OC2=O)CC1. The fourth-order valence-corrected chi connectivity index (χ4v) is 3.66. The van der Waals surface area contributed by atoms with Gasteiger partial charge < -0.3 is 20.3 Å². The lowest BCUT2D eigenvalue weighted by Crippen LogP contribution is -2.49. The predicted molar refractivity (Wildman–Crippen MR) is 121 cm³/mol. The predicted octanol–water partition coefficient (Wildman–Crippen LogP) is 2.04. The molecule has 0 unspecified atom stereocenters. The van der Waals surface area contributed by atoms with Gasteiger partial charge in [-0.1, -0.05) is 24.3 Å². The van der Waals surface area contributed by atoms with E-state index >= 15 is 0 Å². The highest BCUT2D eigenvalue weighted by atomic mass is 16.6. The summed E-state index contributed by atoms with van der Waals surface area (Å²) in [5.41, 5.74) is 7.99. The maximum Gasteiger partial charge on any atom is 0.365 e. The number of cyclic esters (lactones) is 1. The lowest BCUT2D eigenvalue weighted by Gasteiger charge is -2.34. The van der Waals surface area contributed by atoms with E-state index in [0.717, 1.165) is 16.5 Å². The fourth-order valence-electron chi connectivity index (χ4n) is 3.66. The third-order valence-corrected chi connectivity index (χ3v) is 5.32. The van der Waals surface area contributed by atoms with E-state index in [4.69, 9.17) is 10.5 Å². The molecule has 2 aliphatic heterocycles. The molecule has 0 bridgehead atoms. The van der Waals surface area contributed by atoms with E-state index in [0.29, 0.717) is 43.9 Å². The van der Waals surface area contributed by atoms with Crippen molar-refractivity contribution >= 4 is 34.5 Å². The number of nitrogens with two attached hydrogens (primary N) is 1. The van der Waals surface area contributed by atoms with Crippen LogP contribution in [0.15, 0.2) is 82.8 Å². The van der Waals surface area contributed by atoms with E-state index in [1.807, 2.05) is 46.2 Å². The molecule has 1 saturated heterocycles. The second kappa shape index (κ2) is 8.46. The molecule has 4 heterocycles. The van der Waals surface area contributed by atoms with Gasteiger partial charge in [-0.15, -0.1) is 0 Å². The van der Waals surface area contributed by atoms with Crippen molar-refractivity contribution < 1.29 is 9.53 Å². The molecule has 0 saturated carbocycles. The molecule has 0 atom stereocenters. The lowest BCUT2D eigenvalue weighted by molar-refractivity contribution is -0.130. The van der Waals surface area contributed by atoms with Crippen molar-refractivity contribution in [3.8, 4) is 0 Å². The molecule has 32 heavy (non-hydrogen) atoms. The van der Waals surface area contributed by atoms with Crippen LogP contribution in [-0.4, -0.2) is 63.8 Å². The summed E-state index contributed by atoms with van der Waals surface area (Å²) >= 11 is 0. The number of piperazine rings is 1. The molecule has 0 radical (unpaired) electrons. The van der Waals surface area contributed by atoms with Crippen LogP contribution >= 0.6 is 0 Å². The third-order valence-electron chi connectivity index (χ3n) is 5.32. The average Bonchev–Trinajstić information content (AvgIpc) is 3.19. The minimum absolute atomic E-state index is 0.282. The summed E-state index contributed by atoms with van der Waals surface area (Å²) in [6.07, 6.45) is 5.12. The molecule has 1 aromatic carbocycles. The van der Waals surface area contributed by atoms with Crippen LogP contribution in [-0.2, 0) is 9.53 Å². The summed E-state index contributed by atoms with van der Waals surface area (Å²) in [4.78, 5) is 33.8. The maximum atomic E-state index is 12.4. The van der Waals surface area contributed by atoms with Crippen LogP contribution in [0, 0.1) is 0 Å². The van der Waals surface area contributed by atoms with Gasteiger partial charge in [-0.3, -0.25) is 4.98 Å². The van der Waals surface area contributed by atoms with Gasteiger partial charge in [0.05, 0.1) is 5.52 Å². The molecular formula is C23H21N7O2. The number of esters is 1. The zero-order valence-corrected chi connectivity index (χ0v) is 17.3. The van der Waals surface area contributed by atoms with Crippen LogP contribution in [0.4, 0.5) is 5.82 Å². The molecule has 1 fully saturated rings. The number of nitrogens with zero attached hydrogens (tertiary/aromatic N) is 6. The number of ether oxygens (including phenoxy) is 1. The summed E-state index contributed by atoms with van der Waals surface area (Å²) in [6, 6.07) is 15.0. The first-order valence-corrected chi connectivity index (χ1v) is 10.3. The van der Waals surface area contributed by atoms with Crippen LogP contribution in [0.1, 0.15) is 5.56 Å². The number of pyridine rings is 2. The van der Waals surface area contributed by atoms with Crippen LogP contribution in [0.2, 0.25) is 0 Å². The second-order valence-electron chi connectivity index (χ2n) is 7.38. The van der Waals surface area contributed by atoms with Gasteiger partial charge in [0, 0.05) is 55.7 Å². The number of hydrogen-bond acceptors (Lipinski definition) is 7. The van der Waals surface area contributed by atoms with Gasteiger partial charge in [-0.05, 0) is 24.3 Å². The van der Waals surface area contributed by atoms with E-state index in [2.05, 4.69) is 20.0 Å². The highest BCUT2D eigenvalue weighted by molar-refractivity contribution is 6.15. The molecule has 2 N–H and O–H groups in total. The number of rotatable bonds is 3. The van der Waals surface area contributed by atoms with Crippen LogP contribution in [0.3, 0.4) is 0 Å². The van der Waals surface area contributed by atoms with E-state index in [1.54, 1.807) is 30.7 Å². The van der Waals surface area contributed by atoms with Crippen molar-refractivity contribution in [3.05, 3.63) is 78.4 Å². The van der Waals surface area contributed by atoms with E-state index < -0.39 is 5.97 Å². The van der Waals surface area contributed by atoms with Gasteiger partial charge in [-0.25, -0.2) is 14.8 Å². The Balaban J connectivity index is 1.29. The summed E-state index contributed by atoms with van der Waals surface area (Å²) < 4.78 is 5.47. The molecule has 2 aromatic heterocycles. The Hall–Kier alpha value is -4.27. The van der Waals surface area contributed by atoms with E-state index in [9.17, 15) is 4.79 Å². The lowest BCUT2D eigenvalue weighted by atomic mass is 10.1. The topological polar surface area (TPSA) is 109 Å². The molecular weight excluding hydrogens is 406 g/mol. The Labute approximate surface area is 184 Å². The van der Waals surface area contributed by atoms with Crippen LogP contribution in [0.25, 0.3) is 10.9 Å². The minimum atomic E-state index is -0.459. The quantitative estimate of drug-likeness (QED) is 0.295. The average molecular weight is 427 g/mol. The molecule has 3 aromatic rings. The first kappa shape index (κ1) is 19.7. The normalized spacial score (nSPS) is 18.2. The maximum absolute atomic E-state index is 12.4. The van der Waals surface area contributed by atoms with Gasteiger partial charge in [0.25, 0.3) is 0 Å². The Morgan fingerprint density at radius 2 is 1.81 bits per heavy atom. The van der Waals surface area contributed by atoms with Gasteiger partial charge in [-0.2, -0.15) is 4.99 Å². The Kier molecular flexibility index (Phi) is 5.20. The second-order valence-corrected chi connectivity index (χ2v) is 7.38. The van der Waals surface area contributed by atoms with Gasteiger partial charge in [0.1, 0.15) is 0 Å². The summed E-state index contributed by atoms with van der Waals surface area (Å²) in [7, 11) is 0. The van der Waals surface area contributed by atoms with Crippen molar-refractivity contribution in [2.45, 2.75) is 0 Å². The standard InChI is InChI=1S/C23H21N7O2/c24-23(28-20-7-3-4-9-26-20)30-13-11-29(12-14-30)15-19-22(31)32-21(27-19)17-8-10-25-18-6-2-1-5-16(17)18/h1-10,15H,11-14H2,(H2,24,26,28). The highest BCUT2D eigenvalue weighted by Gasteiger charge is 2.27. The third kappa shape index (κ3) is 4.00. The highest BCUT2D eigenvalue weighted by Crippen LogP contribution is 2.23. The summed E-state index contributed by atoms with van der Waals surface area (Å²) in [5.74, 6) is 0.847. The number of fused-ring (bicyclic) bond motifs is 1. The Morgan fingerprint density at radius 1 is 1.00 bits per heavy atom. The summed E-state index contributed by atoms with van der Waals surface area (Å²) in [6.45, 7) is 2.70. The van der Waals surface area contributed by atoms with E-state index in [-0.39, 0.29) is 5.70 Å². The molecule has 9 nitrogen and oxygen atoms in total. The number of benzene rings is 1. The van der Waals surface area contributed by atoms with Crippen molar-refractivity contribution in [1.82, 2.24) is 19.8 Å². The van der Waals surface area contributed by atoms with Gasteiger partial charge in [0.2, 0.25) is 5.90 Å². The van der Waals surface area contributed by atoms with Crippen LogP contribution < -0.4 is 5.73 Å². The number of hydrogen-bond donors (Lipinski definition) is 1. The van der Waals surface area contributed by atoms with Gasteiger partial charge >= 0.3 is 5.97 Å². The van der Waals surface area contributed by atoms with Crippen molar-refractivity contribution in [2.75, 3.05) is 26.2 Å². The number of carbonyl (C=O) groups is 1. The first-order chi connectivity index (χ1) is 15.7.